The first-order valence-corrected chi connectivity index (χ1v) is 6.86. The van der Waals surface area contributed by atoms with Crippen LogP contribution in [0, 0.1) is 0 Å². The molecule has 1 saturated heterocycles. The number of thiazole rings is 1. The van der Waals surface area contributed by atoms with Crippen LogP contribution in [0.1, 0.15) is 38.1 Å². The molecule has 2 rings (SSSR count). The highest BCUT2D eigenvalue weighted by atomic mass is 32.1. The molecule has 0 saturated carbocycles. The van der Waals surface area contributed by atoms with E-state index in [-0.39, 0.29) is 5.54 Å². The largest absolute Gasteiger partial charge is 0.381 e. The molecule has 16 heavy (non-hydrogen) atoms. The zero-order valence-corrected chi connectivity index (χ0v) is 10.8. The summed E-state index contributed by atoms with van der Waals surface area (Å²) >= 11 is 1.75. The van der Waals surface area contributed by atoms with Gasteiger partial charge in [-0.15, -0.1) is 11.3 Å². The van der Waals surface area contributed by atoms with E-state index in [0.717, 1.165) is 32.5 Å². The van der Waals surface area contributed by atoms with Crippen LogP contribution in [0.15, 0.2) is 11.6 Å². The second-order valence-electron chi connectivity index (χ2n) is 4.68. The van der Waals surface area contributed by atoms with Gasteiger partial charge in [-0.2, -0.15) is 0 Å². The minimum Gasteiger partial charge on any atom is -0.381 e. The topological polar surface area (TPSA) is 34.2 Å². The maximum Gasteiger partial charge on any atom is 0.113 e. The molecular formula is C12H20N2OS. The Morgan fingerprint density at radius 1 is 1.44 bits per heavy atom. The number of rotatable bonds is 3. The Kier molecular flexibility index (Phi) is 3.95. The van der Waals surface area contributed by atoms with Gasteiger partial charge in [0.05, 0.1) is 5.54 Å². The molecule has 0 radical (unpaired) electrons. The average molecular weight is 240 g/mol. The smallest absolute Gasteiger partial charge is 0.113 e. The number of nitrogens with zero attached hydrogens (tertiary/aromatic N) is 1. The zero-order chi connectivity index (χ0) is 11.4. The van der Waals surface area contributed by atoms with Crippen molar-refractivity contribution in [2.75, 3.05) is 13.2 Å². The number of hydrogen-bond acceptors (Lipinski definition) is 4. The third-order valence-corrected chi connectivity index (χ3v) is 3.95. The molecule has 4 heteroatoms. The first-order chi connectivity index (χ1) is 7.73. The summed E-state index contributed by atoms with van der Waals surface area (Å²) < 4.78 is 5.57. The van der Waals surface area contributed by atoms with Crippen LogP contribution in [0.2, 0.25) is 0 Å². The van der Waals surface area contributed by atoms with Crippen molar-refractivity contribution in [1.82, 2.24) is 10.3 Å². The molecule has 0 aliphatic carbocycles. The summed E-state index contributed by atoms with van der Waals surface area (Å²) in [7, 11) is 0. The molecule has 3 nitrogen and oxygen atoms in total. The van der Waals surface area contributed by atoms with E-state index in [9.17, 15) is 0 Å². The molecule has 1 N–H and O–H groups in total. The third kappa shape index (κ3) is 2.62. The van der Waals surface area contributed by atoms with E-state index in [1.165, 1.54) is 5.01 Å². The standard InChI is InChI=1S/C12H20N2OS/c1-10(2)14-12(11-13-6-9-16-11)4-3-7-15-8-5-12/h6,9-10,14H,3-5,7-8H2,1-2H3. The molecule has 1 fully saturated rings. The van der Waals surface area contributed by atoms with Gasteiger partial charge in [-0.25, -0.2) is 4.98 Å². The molecule has 0 amide bonds. The van der Waals surface area contributed by atoms with Gasteiger partial charge in [0.15, 0.2) is 0 Å². The van der Waals surface area contributed by atoms with E-state index < -0.39 is 0 Å². The fourth-order valence-corrected chi connectivity index (χ4v) is 3.24. The molecule has 0 spiro atoms. The minimum atomic E-state index is 0.0405. The van der Waals surface area contributed by atoms with E-state index in [2.05, 4.69) is 29.5 Å². The molecule has 1 aliphatic rings. The first kappa shape index (κ1) is 12.0. The predicted molar refractivity (Wildman–Crippen MR) is 66.7 cm³/mol. The Morgan fingerprint density at radius 2 is 2.31 bits per heavy atom. The average Bonchev–Trinajstić information content (AvgIpc) is 2.67. The van der Waals surface area contributed by atoms with Gasteiger partial charge in [0.2, 0.25) is 0 Å². The molecule has 1 atom stereocenters. The van der Waals surface area contributed by atoms with Crippen molar-refractivity contribution in [2.45, 2.75) is 44.7 Å². The Morgan fingerprint density at radius 3 is 3.00 bits per heavy atom. The Bertz CT molecular complexity index is 303. The fraction of sp³-hybridized carbons (Fsp3) is 0.750. The molecule has 2 heterocycles. The molecule has 90 valence electrons. The van der Waals surface area contributed by atoms with Crippen molar-refractivity contribution in [2.24, 2.45) is 0 Å². The normalized spacial score (nSPS) is 26.9. The van der Waals surface area contributed by atoms with Crippen LogP contribution in [0.3, 0.4) is 0 Å². The van der Waals surface area contributed by atoms with Crippen LogP contribution in [0.25, 0.3) is 0 Å². The summed E-state index contributed by atoms with van der Waals surface area (Å²) in [6, 6.07) is 0.474. The molecule has 0 aromatic carbocycles. The zero-order valence-electron chi connectivity index (χ0n) is 10.0. The van der Waals surface area contributed by atoms with Crippen molar-refractivity contribution in [1.29, 1.82) is 0 Å². The maximum absolute atomic E-state index is 5.57. The number of nitrogens with one attached hydrogen (secondary N) is 1. The Labute approximate surface area is 101 Å². The fourth-order valence-electron chi connectivity index (χ4n) is 2.38. The van der Waals surface area contributed by atoms with Crippen molar-refractivity contribution in [3.8, 4) is 0 Å². The van der Waals surface area contributed by atoms with E-state index in [4.69, 9.17) is 4.74 Å². The Balaban J connectivity index is 2.23. The summed E-state index contributed by atoms with van der Waals surface area (Å²) in [5, 5.41) is 6.98. The van der Waals surface area contributed by atoms with Gasteiger partial charge in [-0.05, 0) is 33.1 Å². The monoisotopic (exact) mass is 240 g/mol. The van der Waals surface area contributed by atoms with Gasteiger partial charge in [-0.3, -0.25) is 0 Å². The van der Waals surface area contributed by atoms with Crippen molar-refractivity contribution in [3.63, 3.8) is 0 Å². The van der Waals surface area contributed by atoms with Crippen molar-refractivity contribution < 1.29 is 4.74 Å². The number of hydrogen-bond donors (Lipinski definition) is 1. The molecule has 1 aromatic heterocycles. The summed E-state index contributed by atoms with van der Waals surface area (Å²) in [4.78, 5) is 4.51. The van der Waals surface area contributed by atoms with Crippen LogP contribution in [0.4, 0.5) is 0 Å². The minimum absolute atomic E-state index is 0.0405. The van der Waals surface area contributed by atoms with Crippen molar-refractivity contribution in [3.05, 3.63) is 16.6 Å². The highest BCUT2D eigenvalue weighted by Gasteiger charge is 2.35. The van der Waals surface area contributed by atoms with Crippen LogP contribution in [-0.2, 0) is 10.3 Å². The van der Waals surface area contributed by atoms with E-state index in [1.807, 2.05) is 6.20 Å². The summed E-state index contributed by atoms with van der Waals surface area (Å²) in [5.41, 5.74) is 0.0405. The number of ether oxygens (including phenoxy) is 1. The quantitative estimate of drug-likeness (QED) is 0.881. The summed E-state index contributed by atoms with van der Waals surface area (Å²) in [6.45, 7) is 6.11. The summed E-state index contributed by atoms with van der Waals surface area (Å²) in [6.07, 6.45) is 5.16. The van der Waals surface area contributed by atoms with Gasteiger partial charge in [0.1, 0.15) is 5.01 Å². The van der Waals surface area contributed by atoms with Crippen LogP contribution in [0.5, 0.6) is 0 Å². The van der Waals surface area contributed by atoms with E-state index >= 15 is 0 Å². The molecular weight excluding hydrogens is 220 g/mol. The predicted octanol–water partition coefficient (Wildman–Crippen LogP) is 2.54. The van der Waals surface area contributed by atoms with E-state index in [1.54, 1.807) is 11.3 Å². The second-order valence-corrected chi connectivity index (χ2v) is 5.58. The lowest BCUT2D eigenvalue weighted by Crippen LogP contribution is -2.46. The molecule has 0 bridgehead atoms. The third-order valence-electron chi connectivity index (χ3n) is 2.97. The second kappa shape index (κ2) is 5.25. The Hall–Kier alpha value is -0.450. The lowest BCUT2D eigenvalue weighted by atomic mass is 9.90. The van der Waals surface area contributed by atoms with Gasteiger partial charge in [0, 0.05) is 30.8 Å². The lowest BCUT2D eigenvalue weighted by Gasteiger charge is -2.33. The van der Waals surface area contributed by atoms with Gasteiger partial charge in [-0.1, -0.05) is 0 Å². The highest BCUT2D eigenvalue weighted by Crippen LogP contribution is 2.34. The maximum atomic E-state index is 5.57. The molecule has 1 unspecified atom stereocenters. The van der Waals surface area contributed by atoms with Gasteiger partial charge >= 0.3 is 0 Å². The van der Waals surface area contributed by atoms with Crippen molar-refractivity contribution >= 4 is 11.3 Å². The number of aromatic nitrogens is 1. The molecule has 1 aliphatic heterocycles. The van der Waals surface area contributed by atoms with Gasteiger partial charge < -0.3 is 10.1 Å². The first-order valence-electron chi connectivity index (χ1n) is 5.98. The van der Waals surface area contributed by atoms with Crippen LogP contribution < -0.4 is 5.32 Å². The SMILES string of the molecule is CC(C)NC1(c2nccs2)CCCOCC1. The lowest BCUT2D eigenvalue weighted by molar-refractivity contribution is 0.135. The van der Waals surface area contributed by atoms with Crippen LogP contribution in [-0.4, -0.2) is 24.2 Å². The van der Waals surface area contributed by atoms with Crippen LogP contribution >= 0.6 is 11.3 Å². The summed E-state index contributed by atoms with van der Waals surface area (Å²) in [5.74, 6) is 0. The molecule has 1 aromatic rings. The highest BCUT2D eigenvalue weighted by molar-refractivity contribution is 7.09. The van der Waals surface area contributed by atoms with Gasteiger partial charge in [0.25, 0.3) is 0 Å². The van der Waals surface area contributed by atoms with E-state index in [0.29, 0.717) is 6.04 Å².